The smallest absolute Gasteiger partial charge is 0.228 e. The first kappa shape index (κ1) is 11.8. The van der Waals surface area contributed by atoms with Crippen molar-refractivity contribution < 1.29 is 0 Å². The highest BCUT2D eigenvalue weighted by Gasteiger charge is 2.18. The van der Waals surface area contributed by atoms with Crippen LogP contribution in [0, 0.1) is 0 Å². The number of hydrogen-bond donors (Lipinski definition) is 1. The lowest BCUT2D eigenvalue weighted by molar-refractivity contribution is 0.574. The van der Waals surface area contributed by atoms with Crippen molar-refractivity contribution in [3.63, 3.8) is 0 Å². The summed E-state index contributed by atoms with van der Waals surface area (Å²) < 4.78 is 1.85. The third kappa shape index (κ3) is 1.86. The molecule has 0 bridgehead atoms. The van der Waals surface area contributed by atoms with Crippen molar-refractivity contribution in [2.75, 3.05) is 31.1 Å². The highest BCUT2D eigenvalue weighted by Crippen LogP contribution is 2.28. The van der Waals surface area contributed by atoms with Gasteiger partial charge < -0.3 is 10.2 Å². The molecule has 0 radical (unpaired) electrons. The highest BCUT2D eigenvalue weighted by atomic mass is 32.1. The maximum Gasteiger partial charge on any atom is 0.228 e. The molecular formula is C13H14N6S. The molecule has 7 heteroatoms. The van der Waals surface area contributed by atoms with Crippen LogP contribution >= 0.6 is 11.3 Å². The summed E-state index contributed by atoms with van der Waals surface area (Å²) >= 11 is 1.69. The Morgan fingerprint density at radius 2 is 2.10 bits per heavy atom. The number of nitrogens with zero attached hydrogens (tertiary/aromatic N) is 5. The third-order valence-electron chi connectivity index (χ3n) is 3.47. The van der Waals surface area contributed by atoms with Crippen molar-refractivity contribution in [2.45, 2.75) is 0 Å². The topological polar surface area (TPSA) is 58.4 Å². The maximum absolute atomic E-state index is 4.62. The minimum atomic E-state index is 0.871. The molecule has 0 unspecified atom stereocenters. The van der Waals surface area contributed by atoms with Crippen molar-refractivity contribution in [3.8, 4) is 10.4 Å². The van der Waals surface area contributed by atoms with Crippen LogP contribution in [0.4, 0.5) is 5.95 Å². The molecule has 4 rings (SSSR count). The molecule has 0 amide bonds. The lowest BCUT2D eigenvalue weighted by atomic mass is 10.2. The van der Waals surface area contributed by atoms with E-state index in [1.54, 1.807) is 17.7 Å². The molecule has 1 aliphatic rings. The minimum absolute atomic E-state index is 0.871. The lowest BCUT2D eigenvalue weighted by Crippen LogP contribution is -2.44. The van der Waals surface area contributed by atoms with Crippen molar-refractivity contribution in [1.29, 1.82) is 0 Å². The molecule has 20 heavy (non-hydrogen) atoms. The molecule has 4 heterocycles. The van der Waals surface area contributed by atoms with E-state index in [-0.39, 0.29) is 0 Å². The summed E-state index contributed by atoms with van der Waals surface area (Å²) in [6, 6.07) is 4.12. The van der Waals surface area contributed by atoms with Gasteiger partial charge in [-0.25, -0.2) is 9.97 Å². The Labute approximate surface area is 120 Å². The van der Waals surface area contributed by atoms with Gasteiger partial charge in [0, 0.05) is 37.3 Å². The van der Waals surface area contributed by atoms with Crippen LogP contribution in [-0.2, 0) is 0 Å². The number of piperazine rings is 1. The number of aromatic nitrogens is 4. The maximum atomic E-state index is 4.62. The van der Waals surface area contributed by atoms with Crippen molar-refractivity contribution in [3.05, 3.63) is 30.0 Å². The fourth-order valence-corrected chi connectivity index (χ4v) is 3.22. The van der Waals surface area contributed by atoms with Gasteiger partial charge in [0.1, 0.15) is 6.33 Å². The average Bonchev–Trinajstić information content (AvgIpc) is 3.18. The van der Waals surface area contributed by atoms with Crippen molar-refractivity contribution >= 4 is 22.9 Å². The van der Waals surface area contributed by atoms with Gasteiger partial charge in [0.15, 0.2) is 5.65 Å². The van der Waals surface area contributed by atoms with Gasteiger partial charge in [-0.05, 0) is 11.4 Å². The quantitative estimate of drug-likeness (QED) is 0.768. The van der Waals surface area contributed by atoms with Crippen LogP contribution in [0.2, 0.25) is 0 Å². The number of thiophene rings is 1. The second kappa shape index (κ2) is 4.84. The van der Waals surface area contributed by atoms with Gasteiger partial charge >= 0.3 is 0 Å². The predicted molar refractivity (Wildman–Crippen MR) is 79.2 cm³/mol. The first-order chi connectivity index (χ1) is 9.93. The SMILES string of the molecule is c1csc(-c2cnc(N3CCNCC3)n3ncnc23)c1. The molecule has 1 N–H and O–H groups in total. The van der Waals surface area contributed by atoms with Crippen molar-refractivity contribution in [1.82, 2.24) is 24.9 Å². The van der Waals surface area contributed by atoms with E-state index in [2.05, 4.69) is 36.7 Å². The van der Waals surface area contributed by atoms with Gasteiger partial charge in [0.05, 0.1) is 5.56 Å². The Kier molecular flexibility index (Phi) is 2.86. The second-order valence-electron chi connectivity index (χ2n) is 4.68. The van der Waals surface area contributed by atoms with Gasteiger partial charge in [-0.15, -0.1) is 11.3 Å². The normalized spacial score (nSPS) is 15.9. The third-order valence-corrected chi connectivity index (χ3v) is 4.38. The zero-order valence-corrected chi connectivity index (χ0v) is 11.7. The van der Waals surface area contributed by atoms with E-state index in [0.717, 1.165) is 43.3 Å². The first-order valence-corrected chi connectivity index (χ1v) is 7.50. The number of anilines is 1. The summed E-state index contributed by atoms with van der Waals surface area (Å²) in [5.74, 6) is 0.874. The summed E-state index contributed by atoms with van der Waals surface area (Å²) in [7, 11) is 0. The van der Waals surface area contributed by atoms with E-state index in [1.807, 2.05) is 16.8 Å². The van der Waals surface area contributed by atoms with E-state index in [4.69, 9.17) is 0 Å². The Hall–Kier alpha value is -1.99. The fraction of sp³-hybridized carbons (Fsp3) is 0.308. The number of hydrogen-bond acceptors (Lipinski definition) is 6. The molecule has 3 aromatic heterocycles. The number of nitrogens with one attached hydrogen (secondary N) is 1. The van der Waals surface area contributed by atoms with Crippen LogP contribution in [0.15, 0.2) is 30.0 Å². The predicted octanol–water partition coefficient (Wildman–Crippen LogP) is 1.26. The first-order valence-electron chi connectivity index (χ1n) is 6.62. The Morgan fingerprint density at radius 1 is 1.20 bits per heavy atom. The fourth-order valence-electron chi connectivity index (χ4n) is 2.49. The minimum Gasteiger partial charge on any atom is -0.338 e. The molecule has 102 valence electrons. The van der Waals surface area contributed by atoms with Crippen LogP contribution in [0.5, 0.6) is 0 Å². The summed E-state index contributed by atoms with van der Waals surface area (Å²) in [6.07, 6.45) is 3.51. The molecule has 0 atom stereocenters. The Balaban J connectivity index is 1.85. The molecule has 1 saturated heterocycles. The molecule has 1 aliphatic heterocycles. The molecular weight excluding hydrogens is 272 g/mol. The van der Waals surface area contributed by atoms with E-state index in [1.165, 1.54) is 4.88 Å². The Bertz CT molecular complexity index is 714. The van der Waals surface area contributed by atoms with Crippen LogP contribution in [0.3, 0.4) is 0 Å². The summed E-state index contributed by atoms with van der Waals surface area (Å²) in [5, 5.41) is 9.76. The summed E-state index contributed by atoms with van der Waals surface area (Å²) in [4.78, 5) is 12.4. The van der Waals surface area contributed by atoms with Crippen LogP contribution in [-0.4, -0.2) is 45.8 Å². The van der Waals surface area contributed by atoms with Crippen LogP contribution < -0.4 is 10.2 Å². The molecule has 1 fully saturated rings. The second-order valence-corrected chi connectivity index (χ2v) is 5.63. The van der Waals surface area contributed by atoms with Gasteiger partial charge in [0.2, 0.25) is 5.95 Å². The lowest BCUT2D eigenvalue weighted by Gasteiger charge is -2.28. The number of rotatable bonds is 2. The number of fused-ring (bicyclic) bond motifs is 1. The highest BCUT2D eigenvalue weighted by molar-refractivity contribution is 7.13. The molecule has 6 nitrogen and oxygen atoms in total. The zero-order chi connectivity index (χ0) is 13.4. The van der Waals surface area contributed by atoms with Crippen LogP contribution in [0.1, 0.15) is 0 Å². The summed E-state index contributed by atoms with van der Waals surface area (Å²) in [6.45, 7) is 3.84. The average molecular weight is 286 g/mol. The molecule has 0 saturated carbocycles. The standard InChI is InChI=1S/C13H14N6S/c1-2-11(20-7-1)10-8-15-13(18-5-3-14-4-6-18)19-12(10)16-9-17-19/h1-2,7-9,14H,3-6H2. The molecule has 0 aromatic carbocycles. The van der Waals surface area contributed by atoms with Gasteiger partial charge in [-0.1, -0.05) is 6.07 Å². The van der Waals surface area contributed by atoms with E-state index in [0.29, 0.717) is 0 Å². The largest absolute Gasteiger partial charge is 0.338 e. The molecule has 0 aliphatic carbocycles. The van der Waals surface area contributed by atoms with Gasteiger partial charge in [-0.3, -0.25) is 0 Å². The zero-order valence-electron chi connectivity index (χ0n) is 10.9. The Morgan fingerprint density at radius 3 is 2.90 bits per heavy atom. The van der Waals surface area contributed by atoms with Gasteiger partial charge in [0.25, 0.3) is 0 Å². The monoisotopic (exact) mass is 286 g/mol. The molecule has 3 aromatic rings. The van der Waals surface area contributed by atoms with E-state index in [9.17, 15) is 0 Å². The van der Waals surface area contributed by atoms with E-state index >= 15 is 0 Å². The van der Waals surface area contributed by atoms with Gasteiger partial charge in [-0.2, -0.15) is 9.61 Å². The molecule has 0 spiro atoms. The van der Waals surface area contributed by atoms with Crippen LogP contribution in [0.25, 0.3) is 16.1 Å². The van der Waals surface area contributed by atoms with E-state index < -0.39 is 0 Å². The van der Waals surface area contributed by atoms with Crippen molar-refractivity contribution in [2.24, 2.45) is 0 Å². The summed E-state index contributed by atoms with van der Waals surface area (Å²) in [5.41, 5.74) is 1.91.